The number of carbonyl (C=O) groups excluding carboxylic acids is 6. The van der Waals surface area contributed by atoms with E-state index in [4.69, 9.17) is 11.1 Å². The second kappa shape index (κ2) is 17.7. The van der Waals surface area contributed by atoms with Crippen LogP contribution in [0, 0.1) is 0 Å². The van der Waals surface area contributed by atoms with Crippen LogP contribution in [-0.2, 0) is 19.2 Å². The van der Waals surface area contributed by atoms with Gasteiger partial charge in [0.2, 0.25) is 0 Å². The molecule has 0 saturated carbocycles. The molecule has 0 N–H and O–H groups in total. The van der Waals surface area contributed by atoms with Gasteiger partial charge in [-0.15, -0.1) is 0 Å². The van der Waals surface area contributed by atoms with Crippen molar-refractivity contribution in [3.8, 4) is 0 Å². The summed E-state index contributed by atoms with van der Waals surface area (Å²) in [5.74, 6) is -3.44. The van der Waals surface area contributed by atoms with Gasteiger partial charge in [0.05, 0.1) is 0 Å². The quantitative estimate of drug-likeness (QED) is 0.127. The molecule has 0 aromatic carbocycles. The number of imide groups is 4. The minimum absolute atomic E-state index is 0.158. The van der Waals surface area contributed by atoms with E-state index in [1.807, 2.05) is 13.8 Å². The molecule has 8 amide bonds. The first-order valence-corrected chi connectivity index (χ1v) is 15.0. The fourth-order valence-corrected chi connectivity index (χ4v) is 4.88. The number of urea groups is 2. The maximum atomic E-state index is 12.6. The van der Waals surface area contributed by atoms with Crippen LogP contribution in [0.15, 0.2) is 0 Å². The molecule has 2 aliphatic heterocycles. The number of hydrogen-bond donors (Lipinski definition) is 0. The first kappa shape index (κ1) is 34.2. The van der Waals surface area contributed by atoms with Crippen molar-refractivity contribution in [3.63, 3.8) is 0 Å². The van der Waals surface area contributed by atoms with E-state index in [0.29, 0.717) is 25.7 Å². The van der Waals surface area contributed by atoms with E-state index in [1.165, 1.54) is 0 Å². The lowest BCUT2D eigenvalue weighted by atomic mass is 10.1. The van der Waals surface area contributed by atoms with E-state index in [1.54, 1.807) is 0 Å². The number of rotatable bonds is 19. The van der Waals surface area contributed by atoms with Gasteiger partial charge in [-0.05, 0) is 25.7 Å². The number of carbonyl (C=O) groups is 6. The van der Waals surface area contributed by atoms with Crippen LogP contribution in [0.1, 0.15) is 104 Å². The van der Waals surface area contributed by atoms with Gasteiger partial charge >= 0.3 is 47.1 Å². The van der Waals surface area contributed by atoms with Crippen molar-refractivity contribution in [2.24, 2.45) is 0 Å². The fraction of sp³-hybridized carbons (Fsp3) is 0.714. The van der Waals surface area contributed by atoms with Crippen LogP contribution in [0.3, 0.4) is 0 Å². The van der Waals surface area contributed by atoms with Gasteiger partial charge in [-0.3, -0.25) is 38.8 Å². The van der Waals surface area contributed by atoms with Crippen LogP contribution < -0.4 is 0 Å². The highest BCUT2D eigenvalue weighted by Gasteiger charge is 2.49. The topological polar surface area (TPSA) is 188 Å². The maximum absolute atomic E-state index is 12.6. The number of nitrogens with zero attached hydrogens (tertiary/aromatic N) is 8. The summed E-state index contributed by atoms with van der Waals surface area (Å²) in [5, 5.41) is 0. The minimum Gasteiger partial charge on any atom is -0.360 e. The first-order chi connectivity index (χ1) is 20.2. The highest BCUT2D eigenvalue weighted by molar-refractivity contribution is 6.67. The Kier molecular flexibility index (Phi) is 14.4. The zero-order valence-corrected chi connectivity index (χ0v) is 24.8. The Morgan fingerprint density at radius 2 is 0.667 bits per heavy atom. The predicted molar refractivity (Wildman–Crippen MR) is 151 cm³/mol. The molecule has 2 heterocycles. The molecule has 2 saturated heterocycles. The average molecular weight is 587 g/mol. The maximum Gasteiger partial charge on any atom is 0.444 e. The molecule has 14 heteroatoms. The summed E-state index contributed by atoms with van der Waals surface area (Å²) < 4.78 is 0. The van der Waals surface area contributed by atoms with E-state index in [2.05, 4.69) is 9.58 Å². The molecule has 0 spiro atoms. The molecule has 0 atom stereocenters. The Bertz CT molecular complexity index is 1050. The predicted octanol–water partition coefficient (Wildman–Crippen LogP) is 3.41. The van der Waals surface area contributed by atoms with Crippen molar-refractivity contribution >= 4 is 47.1 Å². The summed E-state index contributed by atoms with van der Waals surface area (Å²) in [6, 6.07) is -1.33. The van der Waals surface area contributed by atoms with Crippen molar-refractivity contribution in [3.05, 3.63) is 11.1 Å². The van der Waals surface area contributed by atoms with Crippen molar-refractivity contribution in [2.75, 3.05) is 26.2 Å². The van der Waals surface area contributed by atoms with Crippen LogP contribution in [0.25, 0.3) is 11.1 Å². The Labute approximate surface area is 246 Å². The first-order valence-electron chi connectivity index (χ1n) is 15.0. The molecule has 230 valence electrons. The SMILES string of the molecule is CCCCN1C(=O)C(=[N+]=[N-])C(=O)N(CCCCCCCCCCCCN2C(=O)C(=[N+]=[N-])C(=O)N(CCCC)C2=O)C1=O. The third kappa shape index (κ3) is 8.74. The Morgan fingerprint density at radius 1 is 0.429 bits per heavy atom. The van der Waals surface area contributed by atoms with E-state index in [9.17, 15) is 28.8 Å². The zero-order chi connectivity index (χ0) is 31.1. The molecule has 0 aromatic rings. The van der Waals surface area contributed by atoms with Crippen molar-refractivity contribution in [1.29, 1.82) is 0 Å². The van der Waals surface area contributed by atoms with Crippen molar-refractivity contribution in [2.45, 2.75) is 104 Å². The summed E-state index contributed by atoms with van der Waals surface area (Å²) in [6.45, 7) is 4.49. The van der Waals surface area contributed by atoms with Crippen LogP contribution >= 0.6 is 0 Å². The van der Waals surface area contributed by atoms with Crippen molar-refractivity contribution < 1.29 is 38.3 Å². The van der Waals surface area contributed by atoms with Gasteiger partial charge in [-0.1, -0.05) is 78.1 Å². The highest BCUT2D eigenvalue weighted by Crippen LogP contribution is 2.16. The average Bonchev–Trinajstić information content (AvgIpc) is 2.97. The number of unbranched alkanes of at least 4 members (excludes halogenated alkanes) is 11. The monoisotopic (exact) mass is 586 g/mol. The third-order valence-corrected chi connectivity index (χ3v) is 7.40. The lowest BCUT2D eigenvalue weighted by molar-refractivity contribution is -0.139. The van der Waals surface area contributed by atoms with Gasteiger partial charge in [-0.25, -0.2) is 9.59 Å². The van der Waals surface area contributed by atoms with E-state index in [0.717, 1.165) is 83.8 Å². The summed E-state index contributed by atoms with van der Waals surface area (Å²) in [5.41, 5.74) is 17.0. The van der Waals surface area contributed by atoms with Gasteiger partial charge in [0.25, 0.3) is 0 Å². The largest absolute Gasteiger partial charge is 0.444 e. The molecule has 0 aliphatic carbocycles. The Morgan fingerprint density at radius 3 is 0.905 bits per heavy atom. The van der Waals surface area contributed by atoms with Crippen LogP contribution in [-0.4, -0.2) is 102 Å². The molecular weight excluding hydrogens is 544 g/mol. The standard InChI is InChI=1S/C28H42N8O6/c1-3-5-17-33-23(37)21(31-29)25(39)35(27(33)41)19-15-13-11-9-7-8-10-12-14-16-20-36-26(40)22(32-30)24(38)34(28(36)42)18-6-4-2/h3-20H2,1-2H3. The lowest BCUT2D eigenvalue weighted by Crippen LogP contribution is -2.60. The number of barbiturate groups is 2. The van der Waals surface area contributed by atoms with Gasteiger partial charge in [0.1, 0.15) is 0 Å². The molecule has 2 aliphatic rings. The summed E-state index contributed by atoms with van der Waals surface area (Å²) in [4.78, 5) is 84.3. The molecular formula is C28H42N8O6. The minimum atomic E-state index is -0.862. The van der Waals surface area contributed by atoms with E-state index >= 15 is 0 Å². The summed E-state index contributed by atoms with van der Waals surface area (Å²) in [6.07, 6.45) is 11.4. The van der Waals surface area contributed by atoms with E-state index in [-0.39, 0.29) is 26.2 Å². The molecule has 42 heavy (non-hydrogen) atoms. The lowest BCUT2D eigenvalue weighted by Gasteiger charge is -2.30. The molecule has 0 aromatic heterocycles. The van der Waals surface area contributed by atoms with Crippen LogP contribution in [0.5, 0.6) is 0 Å². The molecule has 0 bridgehead atoms. The van der Waals surface area contributed by atoms with Gasteiger partial charge in [0, 0.05) is 26.2 Å². The second-order valence-electron chi connectivity index (χ2n) is 10.5. The van der Waals surface area contributed by atoms with Crippen molar-refractivity contribution in [1.82, 2.24) is 19.6 Å². The highest BCUT2D eigenvalue weighted by atomic mass is 16.2. The molecule has 2 fully saturated rings. The second-order valence-corrected chi connectivity index (χ2v) is 10.5. The zero-order valence-electron chi connectivity index (χ0n) is 24.8. The normalized spacial score (nSPS) is 16.1. The summed E-state index contributed by atoms with van der Waals surface area (Å²) in [7, 11) is 0. The smallest absolute Gasteiger partial charge is 0.360 e. The Balaban J connectivity index is 1.62. The van der Waals surface area contributed by atoms with Gasteiger partial charge in [0.15, 0.2) is 0 Å². The van der Waals surface area contributed by atoms with Gasteiger partial charge in [-0.2, -0.15) is 9.58 Å². The molecule has 0 radical (unpaired) electrons. The third-order valence-electron chi connectivity index (χ3n) is 7.40. The number of hydrogen-bond acceptors (Lipinski definition) is 6. The van der Waals surface area contributed by atoms with Gasteiger partial charge < -0.3 is 11.1 Å². The molecule has 14 nitrogen and oxygen atoms in total. The van der Waals surface area contributed by atoms with Crippen LogP contribution in [0.4, 0.5) is 9.59 Å². The fourth-order valence-electron chi connectivity index (χ4n) is 4.88. The molecule has 2 rings (SSSR count). The van der Waals surface area contributed by atoms with E-state index < -0.39 is 47.1 Å². The summed E-state index contributed by atoms with van der Waals surface area (Å²) >= 11 is 0. The molecule has 0 unspecified atom stereocenters. The van der Waals surface area contributed by atoms with Crippen LogP contribution in [0.2, 0.25) is 0 Å². The number of amides is 8. The Hall–Kier alpha value is -4.02.